The number of fused-ring (bicyclic) bond motifs is 1. The number of halogens is 1. The van der Waals surface area contributed by atoms with Crippen molar-refractivity contribution < 1.29 is 4.79 Å². The Labute approximate surface area is 145 Å². The highest BCUT2D eigenvalue weighted by molar-refractivity contribution is 7.22. The van der Waals surface area contributed by atoms with Crippen LogP contribution in [-0.2, 0) is 11.3 Å². The van der Waals surface area contributed by atoms with Gasteiger partial charge >= 0.3 is 0 Å². The monoisotopic (exact) mass is 351 g/mol. The zero-order valence-electron chi connectivity index (χ0n) is 13.3. The summed E-state index contributed by atoms with van der Waals surface area (Å²) in [5.41, 5.74) is 2.25. The Hall–Kier alpha value is -1.17. The maximum Gasteiger partial charge on any atom is 0.227 e. The highest BCUT2D eigenvalue weighted by Gasteiger charge is 2.16. The van der Waals surface area contributed by atoms with E-state index >= 15 is 0 Å². The molecule has 1 aliphatic heterocycles. The Kier molecular flexibility index (Phi) is 5.51. The van der Waals surface area contributed by atoms with Crippen LogP contribution in [0.3, 0.4) is 0 Å². The van der Waals surface area contributed by atoms with Crippen molar-refractivity contribution in [2.24, 2.45) is 5.92 Å². The number of alkyl halides is 1. The fraction of sp³-hybridized carbons (Fsp3) is 0.529. The lowest BCUT2D eigenvalue weighted by Gasteiger charge is -2.30. The molecular weight excluding hydrogens is 330 g/mol. The van der Waals surface area contributed by atoms with E-state index in [-0.39, 0.29) is 5.91 Å². The van der Waals surface area contributed by atoms with Crippen molar-refractivity contribution in [3.05, 3.63) is 23.8 Å². The number of piperidine rings is 1. The number of amides is 1. The Bertz CT molecular complexity index is 680. The Morgan fingerprint density at radius 2 is 2.22 bits per heavy atom. The third kappa shape index (κ3) is 4.43. The SMILES string of the molecule is CC1CCN(Cc2ccc3nc(NC(=O)CCCl)sc3c2)CC1. The van der Waals surface area contributed by atoms with E-state index < -0.39 is 0 Å². The van der Waals surface area contributed by atoms with Crippen LogP contribution in [0.4, 0.5) is 5.13 Å². The molecular formula is C17H22ClN3OS. The van der Waals surface area contributed by atoms with E-state index in [1.807, 2.05) is 6.07 Å². The average molecular weight is 352 g/mol. The third-order valence-electron chi connectivity index (χ3n) is 4.30. The number of hydrogen-bond donors (Lipinski definition) is 1. The fourth-order valence-electron chi connectivity index (χ4n) is 2.87. The Morgan fingerprint density at radius 3 is 2.96 bits per heavy atom. The molecule has 3 rings (SSSR count). The van der Waals surface area contributed by atoms with Gasteiger partial charge in [-0.1, -0.05) is 24.3 Å². The van der Waals surface area contributed by atoms with E-state index in [0.29, 0.717) is 17.4 Å². The van der Waals surface area contributed by atoms with Gasteiger partial charge in [0.05, 0.1) is 10.2 Å². The van der Waals surface area contributed by atoms with Gasteiger partial charge in [-0.2, -0.15) is 0 Å². The number of nitrogens with zero attached hydrogens (tertiary/aromatic N) is 2. The van der Waals surface area contributed by atoms with Crippen molar-refractivity contribution in [3.8, 4) is 0 Å². The molecule has 4 nitrogen and oxygen atoms in total. The summed E-state index contributed by atoms with van der Waals surface area (Å²) in [6, 6.07) is 6.39. The quantitative estimate of drug-likeness (QED) is 0.825. The number of aromatic nitrogens is 1. The Balaban J connectivity index is 1.68. The van der Waals surface area contributed by atoms with Crippen molar-refractivity contribution in [2.45, 2.75) is 32.7 Å². The van der Waals surface area contributed by atoms with Crippen LogP contribution in [0.25, 0.3) is 10.2 Å². The van der Waals surface area contributed by atoms with E-state index in [1.54, 1.807) is 0 Å². The number of likely N-dealkylation sites (tertiary alicyclic amines) is 1. The summed E-state index contributed by atoms with van der Waals surface area (Å²) in [7, 11) is 0. The number of rotatable bonds is 5. The van der Waals surface area contributed by atoms with Gasteiger partial charge in [0.25, 0.3) is 0 Å². The van der Waals surface area contributed by atoms with Crippen LogP contribution < -0.4 is 5.32 Å². The van der Waals surface area contributed by atoms with E-state index in [1.165, 1.54) is 42.8 Å². The normalized spacial score (nSPS) is 16.8. The number of carbonyl (C=O) groups is 1. The smallest absolute Gasteiger partial charge is 0.227 e. The maximum absolute atomic E-state index is 11.6. The minimum Gasteiger partial charge on any atom is -0.302 e. The molecule has 1 aromatic heterocycles. The van der Waals surface area contributed by atoms with Crippen LogP contribution in [0.2, 0.25) is 0 Å². The predicted molar refractivity (Wildman–Crippen MR) is 97.3 cm³/mol. The summed E-state index contributed by atoms with van der Waals surface area (Å²) in [5, 5.41) is 3.46. The van der Waals surface area contributed by atoms with E-state index in [2.05, 4.69) is 34.3 Å². The van der Waals surface area contributed by atoms with Gasteiger partial charge in [-0.05, 0) is 49.5 Å². The minimum absolute atomic E-state index is 0.0817. The van der Waals surface area contributed by atoms with Gasteiger partial charge in [0.15, 0.2) is 5.13 Å². The highest BCUT2D eigenvalue weighted by atomic mass is 35.5. The lowest BCUT2D eigenvalue weighted by molar-refractivity contribution is -0.115. The van der Waals surface area contributed by atoms with Gasteiger partial charge in [0, 0.05) is 18.8 Å². The average Bonchev–Trinajstić information content (AvgIpc) is 2.91. The first kappa shape index (κ1) is 16.7. The molecule has 0 spiro atoms. The maximum atomic E-state index is 11.6. The molecule has 0 atom stereocenters. The molecule has 0 aliphatic carbocycles. The number of anilines is 1. The zero-order chi connectivity index (χ0) is 16.2. The first-order valence-electron chi connectivity index (χ1n) is 8.11. The predicted octanol–water partition coefficient (Wildman–Crippen LogP) is 4.10. The second-order valence-electron chi connectivity index (χ2n) is 6.27. The van der Waals surface area contributed by atoms with Gasteiger partial charge < -0.3 is 5.32 Å². The van der Waals surface area contributed by atoms with Crippen LogP contribution in [-0.4, -0.2) is 34.8 Å². The molecule has 0 radical (unpaired) electrons. The molecule has 0 unspecified atom stereocenters. The van der Waals surface area contributed by atoms with Crippen LogP contribution >= 0.6 is 22.9 Å². The second-order valence-corrected chi connectivity index (χ2v) is 7.68. The second kappa shape index (κ2) is 7.60. The molecule has 1 aliphatic rings. The zero-order valence-corrected chi connectivity index (χ0v) is 14.9. The number of thiazole rings is 1. The van der Waals surface area contributed by atoms with Crippen LogP contribution in [0, 0.1) is 5.92 Å². The molecule has 2 aromatic rings. The van der Waals surface area contributed by atoms with Crippen LogP contribution in [0.1, 0.15) is 31.7 Å². The van der Waals surface area contributed by atoms with Gasteiger partial charge in [-0.3, -0.25) is 9.69 Å². The summed E-state index contributed by atoms with van der Waals surface area (Å²) in [4.78, 5) is 18.6. The fourth-order valence-corrected chi connectivity index (χ4v) is 3.98. The molecule has 2 heterocycles. The van der Waals surface area contributed by atoms with Crippen molar-refractivity contribution in [1.82, 2.24) is 9.88 Å². The largest absolute Gasteiger partial charge is 0.302 e. The summed E-state index contributed by atoms with van der Waals surface area (Å²) >= 11 is 7.10. The van der Waals surface area contributed by atoms with E-state index in [0.717, 1.165) is 22.7 Å². The molecule has 1 N–H and O–H groups in total. The first-order valence-corrected chi connectivity index (χ1v) is 9.47. The van der Waals surface area contributed by atoms with Gasteiger partial charge in [-0.15, -0.1) is 11.6 Å². The molecule has 23 heavy (non-hydrogen) atoms. The number of nitrogens with one attached hydrogen (secondary N) is 1. The lowest BCUT2D eigenvalue weighted by Crippen LogP contribution is -2.32. The molecule has 124 valence electrons. The topological polar surface area (TPSA) is 45.2 Å². The highest BCUT2D eigenvalue weighted by Crippen LogP contribution is 2.28. The standard InChI is InChI=1S/C17H22ClN3OS/c1-12-5-8-21(9-6-12)11-13-2-3-14-15(10-13)23-17(19-14)20-16(22)4-7-18/h2-3,10,12H,4-9,11H2,1H3,(H,19,20,22). The summed E-state index contributed by atoms with van der Waals surface area (Å²) in [6.07, 6.45) is 2.90. The molecule has 1 amide bonds. The molecule has 1 aromatic carbocycles. The first-order chi connectivity index (χ1) is 11.1. The van der Waals surface area contributed by atoms with Gasteiger partial charge in [0.1, 0.15) is 0 Å². The molecule has 1 saturated heterocycles. The summed E-state index contributed by atoms with van der Waals surface area (Å²) in [5.74, 6) is 1.10. The molecule has 0 bridgehead atoms. The summed E-state index contributed by atoms with van der Waals surface area (Å²) in [6.45, 7) is 5.69. The minimum atomic E-state index is -0.0817. The Morgan fingerprint density at radius 1 is 1.43 bits per heavy atom. The van der Waals surface area contributed by atoms with Crippen molar-refractivity contribution >= 4 is 44.2 Å². The number of hydrogen-bond acceptors (Lipinski definition) is 4. The number of carbonyl (C=O) groups excluding carboxylic acids is 1. The van der Waals surface area contributed by atoms with Crippen molar-refractivity contribution in [2.75, 3.05) is 24.3 Å². The molecule has 6 heteroatoms. The van der Waals surface area contributed by atoms with Gasteiger partial charge in [0.2, 0.25) is 5.91 Å². The van der Waals surface area contributed by atoms with Crippen LogP contribution in [0.5, 0.6) is 0 Å². The molecule has 0 saturated carbocycles. The molecule has 1 fully saturated rings. The summed E-state index contributed by atoms with van der Waals surface area (Å²) < 4.78 is 1.12. The van der Waals surface area contributed by atoms with Crippen LogP contribution in [0.15, 0.2) is 18.2 Å². The van der Waals surface area contributed by atoms with E-state index in [9.17, 15) is 4.79 Å². The number of benzene rings is 1. The van der Waals surface area contributed by atoms with Gasteiger partial charge in [-0.25, -0.2) is 4.98 Å². The van der Waals surface area contributed by atoms with Crippen molar-refractivity contribution in [1.29, 1.82) is 0 Å². The van der Waals surface area contributed by atoms with Crippen molar-refractivity contribution in [3.63, 3.8) is 0 Å². The van der Waals surface area contributed by atoms with E-state index in [4.69, 9.17) is 11.6 Å². The third-order valence-corrected chi connectivity index (χ3v) is 5.43. The lowest BCUT2D eigenvalue weighted by atomic mass is 9.99.